The van der Waals surface area contributed by atoms with Crippen molar-refractivity contribution in [1.82, 2.24) is 5.32 Å². The van der Waals surface area contributed by atoms with Crippen molar-refractivity contribution in [3.8, 4) is 5.75 Å². The van der Waals surface area contributed by atoms with Crippen LogP contribution in [0.25, 0.3) is 0 Å². The number of carbonyl (C=O) groups excluding carboxylic acids is 1. The largest absolute Gasteiger partial charge is 0.481 e. The molecule has 0 saturated heterocycles. The number of rotatable bonds is 8. The van der Waals surface area contributed by atoms with Crippen molar-refractivity contribution in [3.63, 3.8) is 0 Å². The summed E-state index contributed by atoms with van der Waals surface area (Å²) < 4.78 is 5.67. The monoisotopic (exact) mass is 329 g/mol. The topological polar surface area (TPSA) is 38.3 Å². The molecule has 1 unspecified atom stereocenters. The predicted octanol–water partition coefficient (Wildman–Crippen LogP) is 4.06. The van der Waals surface area contributed by atoms with Crippen molar-refractivity contribution in [2.75, 3.05) is 12.3 Å². The summed E-state index contributed by atoms with van der Waals surface area (Å²) in [6.07, 6.45) is 0.446. The third kappa shape index (κ3) is 6.37. The molecule has 0 heterocycles. The molecule has 1 atom stereocenters. The van der Waals surface area contributed by atoms with Gasteiger partial charge < -0.3 is 10.1 Å². The summed E-state index contributed by atoms with van der Waals surface area (Å²) in [5, 5.41) is 2.93. The van der Waals surface area contributed by atoms with Gasteiger partial charge in [0.25, 0.3) is 5.91 Å². The van der Waals surface area contributed by atoms with E-state index in [1.807, 2.05) is 49.4 Å². The number of ether oxygens (including phenoxy) is 1. The number of hydrogen-bond donors (Lipinski definition) is 1. The minimum atomic E-state index is -0.487. The second kappa shape index (κ2) is 9.26. The number of aryl methyl sites for hydroxylation is 1. The molecule has 2 rings (SSSR count). The van der Waals surface area contributed by atoms with Crippen molar-refractivity contribution in [1.29, 1.82) is 0 Å². The van der Waals surface area contributed by atoms with Gasteiger partial charge in [-0.2, -0.15) is 0 Å². The van der Waals surface area contributed by atoms with Gasteiger partial charge in [-0.15, -0.1) is 11.8 Å². The first kappa shape index (κ1) is 17.4. The van der Waals surface area contributed by atoms with Crippen molar-refractivity contribution in [3.05, 3.63) is 60.2 Å². The van der Waals surface area contributed by atoms with Crippen LogP contribution in [0.4, 0.5) is 0 Å². The Morgan fingerprint density at radius 3 is 2.70 bits per heavy atom. The zero-order valence-corrected chi connectivity index (χ0v) is 14.4. The van der Waals surface area contributed by atoms with Crippen LogP contribution in [0.2, 0.25) is 0 Å². The molecule has 0 saturated carbocycles. The van der Waals surface area contributed by atoms with Gasteiger partial charge in [0.05, 0.1) is 0 Å². The number of nitrogens with one attached hydrogen (secondary N) is 1. The lowest BCUT2D eigenvalue weighted by molar-refractivity contribution is -0.127. The number of hydrogen-bond acceptors (Lipinski definition) is 3. The van der Waals surface area contributed by atoms with Crippen molar-refractivity contribution in [2.45, 2.75) is 31.3 Å². The standard InChI is InChI=1S/C19H23NO2S/c1-15-8-6-9-17(14-15)22-16(2)19(21)20-12-7-13-23-18-10-4-3-5-11-18/h3-6,8-11,14,16H,7,12-13H2,1-2H3,(H,20,21). The zero-order valence-electron chi connectivity index (χ0n) is 13.6. The molecule has 0 bridgehead atoms. The zero-order chi connectivity index (χ0) is 16.5. The highest BCUT2D eigenvalue weighted by Crippen LogP contribution is 2.17. The first-order valence-corrected chi connectivity index (χ1v) is 8.82. The highest BCUT2D eigenvalue weighted by molar-refractivity contribution is 7.99. The Labute approximate surface area is 142 Å². The molecule has 3 nitrogen and oxygen atoms in total. The fourth-order valence-corrected chi connectivity index (χ4v) is 2.95. The van der Waals surface area contributed by atoms with Crippen LogP contribution in [-0.4, -0.2) is 24.3 Å². The lowest BCUT2D eigenvalue weighted by Gasteiger charge is -2.15. The Hall–Kier alpha value is -1.94. The van der Waals surface area contributed by atoms with Gasteiger partial charge in [-0.25, -0.2) is 0 Å². The lowest BCUT2D eigenvalue weighted by Crippen LogP contribution is -2.36. The molecule has 1 N–H and O–H groups in total. The molecule has 0 fully saturated rings. The van der Waals surface area contributed by atoms with Gasteiger partial charge in [0.15, 0.2) is 6.10 Å². The molecule has 2 aromatic carbocycles. The molecule has 23 heavy (non-hydrogen) atoms. The van der Waals surface area contributed by atoms with E-state index >= 15 is 0 Å². The first-order chi connectivity index (χ1) is 11.1. The summed E-state index contributed by atoms with van der Waals surface area (Å²) in [7, 11) is 0. The molecule has 2 aromatic rings. The van der Waals surface area contributed by atoms with Gasteiger partial charge in [0.1, 0.15) is 5.75 Å². The molecule has 0 spiro atoms. The Morgan fingerprint density at radius 2 is 1.96 bits per heavy atom. The van der Waals surface area contributed by atoms with E-state index in [4.69, 9.17) is 4.74 Å². The van der Waals surface area contributed by atoms with Gasteiger partial charge in [-0.1, -0.05) is 30.3 Å². The number of amides is 1. The second-order valence-corrected chi connectivity index (χ2v) is 6.55. The number of thioether (sulfide) groups is 1. The average Bonchev–Trinajstić information content (AvgIpc) is 2.55. The maximum Gasteiger partial charge on any atom is 0.260 e. The minimum Gasteiger partial charge on any atom is -0.481 e. The molecule has 0 aliphatic carbocycles. The molecule has 0 aromatic heterocycles. The third-order valence-corrected chi connectivity index (χ3v) is 4.40. The van der Waals surface area contributed by atoms with E-state index in [-0.39, 0.29) is 5.91 Å². The molecule has 122 valence electrons. The van der Waals surface area contributed by atoms with E-state index in [0.717, 1.165) is 23.5 Å². The van der Waals surface area contributed by atoms with E-state index in [1.54, 1.807) is 18.7 Å². The molecule has 4 heteroatoms. The smallest absolute Gasteiger partial charge is 0.260 e. The van der Waals surface area contributed by atoms with Gasteiger partial charge in [-0.05, 0) is 55.9 Å². The average molecular weight is 329 g/mol. The summed E-state index contributed by atoms with van der Waals surface area (Å²) in [5.74, 6) is 1.64. The maximum absolute atomic E-state index is 12.0. The van der Waals surface area contributed by atoms with Crippen LogP contribution in [0.5, 0.6) is 5.75 Å². The van der Waals surface area contributed by atoms with Crippen LogP contribution >= 0.6 is 11.8 Å². The summed E-state index contributed by atoms with van der Waals surface area (Å²) in [5.41, 5.74) is 1.12. The van der Waals surface area contributed by atoms with Crippen LogP contribution in [0.1, 0.15) is 18.9 Å². The Bertz CT molecular complexity index is 616. The van der Waals surface area contributed by atoms with Crippen LogP contribution in [-0.2, 0) is 4.79 Å². The lowest BCUT2D eigenvalue weighted by atomic mass is 10.2. The second-order valence-electron chi connectivity index (χ2n) is 5.38. The van der Waals surface area contributed by atoms with E-state index in [1.165, 1.54) is 4.90 Å². The molecule has 0 aliphatic rings. The summed E-state index contributed by atoms with van der Waals surface area (Å²) in [6, 6.07) is 18.0. The minimum absolute atomic E-state index is 0.0729. The highest BCUT2D eigenvalue weighted by atomic mass is 32.2. The van der Waals surface area contributed by atoms with Gasteiger partial charge in [0, 0.05) is 11.4 Å². The van der Waals surface area contributed by atoms with E-state index < -0.39 is 6.10 Å². The van der Waals surface area contributed by atoms with Crippen LogP contribution < -0.4 is 10.1 Å². The van der Waals surface area contributed by atoms with Crippen molar-refractivity contribution < 1.29 is 9.53 Å². The quantitative estimate of drug-likeness (QED) is 0.586. The van der Waals surface area contributed by atoms with Crippen LogP contribution in [0, 0.1) is 6.92 Å². The summed E-state index contributed by atoms with van der Waals surface area (Å²) in [6.45, 7) is 4.44. The molecule has 0 aliphatic heterocycles. The number of carbonyl (C=O) groups is 1. The van der Waals surface area contributed by atoms with E-state index in [0.29, 0.717) is 6.54 Å². The Morgan fingerprint density at radius 1 is 1.17 bits per heavy atom. The number of benzene rings is 2. The predicted molar refractivity (Wildman–Crippen MR) is 96.1 cm³/mol. The van der Waals surface area contributed by atoms with Crippen LogP contribution in [0.3, 0.4) is 0 Å². The van der Waals surface area contributed by atoms with Gasteiger partial charge in [0.2, 0.25) is 0 Å². The molecular formula is C19H23NO2S. The van der Waals surface area contributed by atoms with Gasteiger partial charge in [-0.3, -0.25) is 4.79 Å². The van der Waals surface area contributed by atoms with E-state index in [2.05, 4.69) is 17.4 Å². The van der Waals surface area contributed by atoms with Gasteiger partial charge >= 0.3 is 0 Å². The first-order valence-electron chi connectivity index (χ1n) is 7.84. The van der Waals surface area contributed by atoms with Crippen molar-refractivity contribution >= 4 is 17.7 Å². The third-order valence-electron chi connectivity index (χ3n) is 3.30. The Kier molecular flexibility index (Phi) is 7.01. The fourth-order valence-electron chi connectivity index (χ4n) is 2.08. The SMILES string of the molecule is Cc1cccc(OC(C)C(=O)NCCCSc2ccccc2)c1. The molecular weight excluding hydrogens is 306 g/mol. The van der Waals surface area contributed by atoms with Crippen LogP contribution in [0.15, 0.2) is 59.5 Å². The Balaban J connectivity index is 1.64. The highest BCUT2D eigenvalue weighted by Gasteiger charge is 2.13. The molecule has 0 radical (unpaired) electrons. The molecule has 1 amide bonds. The maximum atomic E-state index is 12.0. The van der Waals surface area contributed by atoms with E-state index in [9.17, 15) is 4.79 Å². The van der Waals surface area contributed by atoms with Crippen molar-refractivity contribution in [2.24, 2.45) is 0 Å². The summed E-state index contributed by atoms with van der Waals surface area (Å²) in [4.78, 5) is 13.3. The fraction of sp³-hybridized carbons (Fsp3) is 0.316. The normalized spacial score (nSPS) is 11.7. The summed E-state index contributed by atoms with van der Waals surface area (Å²) >= 11 is 1.80.